The number of carbonyl (C=O) groups excluding carboxylic acids is 3. The highest BCUT2D eigenvalue weighted by atomic mass is 16.2. The van der Waals surface area contributed by atoms with Crippen molar-refractivity contribution >= 4 is 29.1 Å². The van der Waals surface area contributed by atoms with Gasteiger partial charge < -0.3 is 9.72 Å². The van der Waals surface area contributed by atoms with Crippen molar-refractivity contribution in [3.05, 3.63) is 89.7 Å². The Labute approximate surface area is 184 Å². The van der Waals surface area contributed by atoms with Gasteiger partial charge in [0.25, 0.3) is 11.8 Å². The average molecular weight is 424 g/mol. The third kappa shape index (κ3) is 3.24. The van der Waals surface area contributed by atoms with Gasteiger partial charge in [-0.15, -0.1) is 0 Å². The van der Waals surface area contributed by atoms with Gasteiger partial charge >= 0.3 is 0 Å². The summed E-state index contributed by atoms with van der Waals surface area (Å²) in [5.74, 6) is -1.36. The number of anilines is 1. The van der Waals surface area contributed by atoms with Crippen LogP contribution in [0.1, 0.15) is 33.2 Å². The molecule has 7 nitrogen and oxygen atoms in total. The lowest BCUT2D eigenvalue weighted by Gasteiger charge is -2.21. The number of benzene rings is 2. The molecule has 0 radical (unpaired) electrons. The molecule has 4 aromatic rings. The van der Waals surface area contributed by atoms with Crippen molar-refractivity contribution in [2.45, 2.75) is 19.9 Å². The number of fused-ring (bicyclic) bond motifs is 2. The number of aryl methyl sites for hydroxylation is 1. The molecule has 0 aliphatic carbocycles. The molecule has 1 atom stereocenters. The Hall–Kier alpha value is -4.26. The summed E-state index contributed by atoms with van der Waals surface area (Å²) in [7, 11) is 0. The van der Waals surface area contributed by atoms with Gasteiger partial charge in [-0.3, -0.25) is 19.3 Å². The number of rotatable bonds is 4. The van der Waals surface area contributed by atoms with Gasteiger partial charge in [-0.25, -0.2) is 4.98 Å². The van der Waals surface area contributed by atoms with Crippen molar-refractivity contribution in [1.82, 2.24) is 14.3 Å². The molecule has 0 bridgehead atoms. The lowest BCUT2D eigenvalue weighted by molar-refractivity contribution is -0.119. The number of hydrogen-bond acceptors (Lipinski definition) is 4. The molecule has 32 heavy (non-hydrogen) atoms. The summed E-state index contributed by atoms with van der Waals surface area (Å²) in [6, 6.07) is 17.0. The van der Waals surface area contributed by atoms with Crippen LogP contribution in [-0.4, -0.2) is 38.0 Å². The van der Waals surface area contributed by atoms with Crippen LogP contribution >= 0.6 is 0 Å². The Morgan fingerprint density at radius 2 is 1.69 bits per heavy atom. The molecule has 3 amide bonds. The number of amides is 3. The number of carbonyl (C=O) groups is 3. The second-order valence-electron chi connectivity index (χ2n) is 7.87. The maximum Gasteiger partial charge on any atom is 0.262 e. The van der Waals surface area contributed by atoms with Crippen LogP contribution < -0.4 is 5.32 Å². The lowest BCUT2D eigenvalue weighted by Crippen LogP contribution is -2.45. The monoisotopic (exact) mass is 424 g/mol. The van der Waals surface area contributed by atoms with Gasteiger partial charge in [-0.2, -0.15) is 0 Å². The molecule has 0 fully saturated rings. The van der Waals surface area contributed by atoms with Gasteiger partial charge in [0.2, 0.25) is 5.91 Å². The minimum absolute atomic E-state index is 0.321. The number of pyridine rings is 1. The molecule has 5 rings (SSSR count). The summed E-state index contributed by atoms with van der Waals surface area (Å²) < 4.78 is 1.94. The van der Waals surface area contributed by atoms with E-state index in [2.05, 4.69) is 10.3 Å². The third-order valence-electron chi connectivity index (χ3n) is 5.63. The van der Waals surface area contributed by atoms with E-state index in [4.69, 9.17) is 0 Å². The van der Waals surface area contributed by atoms with Crippen molar-refractivity contribution < 1.29 is 14.4 Å². The second-order valence-corrected chi connectivity index (χ2v) is 7.87. The van der Waals surface area contributed by atoms with Gasteiger partial charge in [0.15, 0.2) is 0 Å². The highest BCUT2D eigenvalue weighted by Gasteiger charge is 2.40. The van der Waals surface area contributed by atoms with Crippen LogP contribution in [0.3, 0.4) is 0 Å². The Kier molecular flexibility index (Phi) is 4.59. The SMILES string of the molecule is Cc1ccn2cc(-c3cccc(NC(=O)[C@H](C)N4C(=O)c5ccccc5C4=O)c3)nc2c1. The summed E-state index contributed by atoms with van der Waals surface area (Å²) in [6.07, 6.45) is 3.88. The van der Waals surface area contributed by atoms with Crippen molar-refractivity contribution in [3.8, 4) is 11.3 Å². The van der Waals surface area contributed by atoms with Crippen LogP contribution in [0.25, 0.3) is 16.9 Å². The van der Waals surface area contributed by atoms with E-state index in [1.54, 1.807) is 37.3 Å². The molecular weight excluding hydrogens is 404 g/mol. The summed E-state index contributed by atoms with van der Waals surface area (Å²) in [5.41, 5.74) is 4.79. The molecule has 0 saturated heterocycles. The zero-order valence-corrected chi connectivity index (χ0v) is 17.6. The smallest absolute Gasteiger partial charge is 0.262 e. The van der Waals surface area contributed by atoms with Crippen molar-refractivity contribution in [2.24, 2.45) is 0 Å². The summed E-state index contributed by atoms with van der Waals surface area (Å²) in [4.78, 5) is 43.9. The Balaban J connectivity index is 1.37. The summed E-state index contributed by atoms with van der Waals surface area (Å²) >= 11 is 0. The first kappa shape index (κ1) is 19.7. The maximum atomic E-state index is 12.9. The lowest BCUT2D eigenvalue weighted by atomic mass is 10.1. The highest BCUT2D eigenvalue weighted by Crippen LogP contribution is 2.26. The Morgan fingerprint density at radius 3 is 2.41 bits per heavy atom. The van der Waals surface area contributed by atoms with E-state index in [1.165, 1.54) is 0 Å². The van der Waals surface area contributed by atoms with E-state index < -0.39 is 23.8 Å². The number of aromatic nitrogens is 2. The van der Waals surface area contributed by atoms with E-state index in [0.29, 0.717) is 16.8 Å². The molecule has 3 heterocycles. The number of imidazole rings is 1. The van der Waals surface area contributed by atoms with Gasteiger partial charge in [0.05, 0.1) is 16.8 Å². The van der Waals surface area contributed by atoms with Crippen molar-refractivity contribution in [1.29, 1.82) is 0 Å². The van der Waals surface area contributed by atoms with Crippen LogP contribution in [0.2, 0.25) is 0 Å². The molecule has 1 aliphatic rings. The average Bonchev–Trinajstić information content (AvgIpc) is 3.32. The minimum atomic E-state index is -0.954. The van der Waals surface area contributed by atoms with Crippen molar-refractivity contribution in [2.75, 3.05) is 5.32 Å². The fourth-order valence-corrected chi connectivity index (χ4v) is 3.90. The first-order valence-electron chi connectivity index (χ1n) is 10.3. The predicted octanol–water partition coefficient (Wildman–Crippen LogP) is 3.93. The maximum absolute atomic E-state index is 12.9. The zero-order valence-electron chi connectivity index (χ0n) is 17.6. The largest absolute Gasteiger partial charge is 0.324 e. The molecule has 0 spiro atoms. The number of nitrogens with one attached hydrogen (secondary N) is 1. The predicted molar refractivity (Wildman–Crippen MR) is 120 cm³/mol. The molecule has 2 aromatic carbocycles. The van der Waals surface area contributed by atoms with Crippen LogP contribution in [0.15, 0.2) is 73.1 Å². The van der Waals surface area contributed by atoms with E-state index in [9.17, 15) is 14.4 Å². The molecule has 7 heteroatoms. The summed E-state index contributed by atoms with van der Waals surface area (Å²) in [5, 5.41) is 2.82. The van der Waals surface area contributed by atoms with E-state index in [-0.39, 0.29) is 0 Å². The van der Waals surface area contributed by atoms with Crippen LogP contribution in [0.5, 0.6) is 0 Å². The fraction of sp³-hybridized carbons (Fsp3) is 0.120. The van der Waals surface area contributed by atoms with Gasteiger partial charge in [0.1, 0.15) is 11.7 Å². The molecule has 0 unspecified atom stereocenters. The molecule has 158 valence electrons. The van der Waals surface area contributed by atoms with Crippen molar-refractivity contribution in [3.63, 3.8) is 0 Å². The zero-order chi connectivity index (χ0) is 22.4. The van der Waals surface area contributed by atoms with Gasteiger partial charge in [-0.1, -0.05) is 24.3 Å². The molecule has 1 N–H and O–H groups in total. The molecular formula is C25H20N4O3. The fourth-order valence-electron chi connectivity index (χ4n) is 3.90. The highest BCUT2D eigenvalue weighted by molar-refractivity contribution is 6.23. The van der Waals surface area contributed by atoms with Crippen LogP contribution in [0, 0.1) is 6.92 Å². The normalized spacial score (nSPS) is 14.0. The summed E-state index contributed by atoms with van der Waals surface area (Å²) in [6.45, 7) is 3.56. The first-order chi connectivity index (χ1) is 15.4. The number of nitrogens with zero attached hydrogens (tertiary/aromatic N) is 3. The van der Waals surface area contributed by atoms with Gasteiger partial charge in [0, 0.05) is 23.6 Å². The first-order valence-corrected chi connectivity index (χ1v) is 10.3. The van der Waals surface area contributed by atoms with Crippen LogP contribution in [0.4, 0.5) is 5.69 Å². The topological polar surface area (TPSA) is 83.8 Å². The quantitative estimate of drug-likeness (QED) is 0.503. The standard InChI is InChI=1S/C25H20N4O3/c1-15-10-11-28-14-21(27-22(28)12-15)17-6-5-7-18(13-17)26-23(30)16(2)29-24(31)19-8-3-4-9-20(19)25(29)32/h3-14,16H,1-2H3,(H,26,30)/t16-/m0/s1. The van der Waals surface area contributed by atoms with E-state index >= 15 is 0 Å². The molecule has 2 aromatic heterocycles. The van der Waals surface area contributed by atoms with E-state index in [1.807, 2.05) is 54.0 Å². The van der Waals surface area contributed by atoms with Gasteiger partial charge in [-0.05, 0) is 55.8 Å². The molecule has 1 aliphatic heterocycles. The van der Waals surface area contributed by atoms with E-state index in [0.717, 1.165) is 27.4 Å². The minimum Gasteiger partial charge on any atom is -0.324 e. The van der Waals surface area contributed by atoms with Crippen LogP contribution in [-0.2, 0) is 4.79 Å². The Morgan fingerprint density at radius 1 is 0.969 bits per heavy atom. The second kappa shape index (κ2) is 7.46. The molecule has 0 saturated carbocycles. The number of imide groups is 1. The Bertz CT molecular complexity index is 1370. The number of hydrogen-bond donors (Lipinski definition) is 1. The third-order valence-corrected chi connectivity index (χ3v) is 5.63.